The van der Waals surface area contributed by atoms with E-state index in [1.54, 1.807) is 29.7 Å². The minimum atomic E-state index is -1.64. The van der Waals surface area contributed by atoms with Gasteiger partial charge < -0.3 is 20.7 Å². The molecule has 0 radical (unpaired) electrons. The number of nitrogens with one attached hydrogen (secondary N) is 1. The number of nitrogens with zero attached hydrogens (tertiary/aromatic N) is 2. The van der Waals surface area contributed by atoms with Gasteiger partial charge in [-0.3, -0.25) is 14.4 Å². The number of pyridine rings is 2. The first-order valence-electron chi connectivity index (χ1n) is 10.3. The summed E-state index contributed by atoms with van der Waals surface area (Å²) in [6, 6.07) is 9.08. The van der Waals surface area contributed by atoms with Crippen LogP contribution in [0.4, 0.5) is 5.69 Å². The number of ketones is 1. The standard InChI is InChI=1S/C23H22N4O4/c1-2-23(31)15-9-18-21-12(11-27(18)22(30)13(15)6-7-19(23)28)8-14-16(25-20(29)10-24)4-3-5-17(14)26-21/h3-5,8-9,31H,2,6-7,10-11,24H2,1H3,(H,25,29)/t23-/m0/s1. The van der Waals surface area contributed by atoms with Gasteiger partial charge in [0.15, 0.2) is 5.78 Å². The van der Waals surface area contributed by atoms with Gasteiger partial charge in [-0.05, 0) is 37.1 Å². The summed E-state index contributed by atoms with van der Waals surface area (Å²) in [5, 5.41) is 14.6. The summed E-state index contributed by atoms with van der Waals surface area (Å²) in [4.78, 5) is 42.3. The second-order valence-corrected chi connectivity index (χ2v) is 8.07. The van der Waals surface area contributed by atoms with Crippen molar-refractivity contribution in [3.05, 3.63) is 57.4 Å². The summed E-state index contributed by atoms with van der Waals surface area (Å²) in [6.07, 6.45) is 0.700. The molecule has 3 aromatic rings. The van der Waals surface area contributed by atoms with Crippen LogP contribution in [0.2, 0.25) is 0 Å². The van der Waals surface area contributed by atoms with Crippen LogP contribution in [0.1, 0.15) is 36.5 Å². The Hall–Kier alpha value is -3.36. The number of aliphatic hydroxyl groups is 1. The maximum atomic E-state index is 13.3. The van der Waals surface area contributed by atoms with Crippen LogP contribution in [0.15, 0.2) is 35.1 Å². The number of anilines is 1. The Kier molecular flexibility index (Phi) is 4.32. The topological polar surface area (TPSA) is 127 Å². The molecule has 1 atom stereocenters. The van der Waals surface area contributed by atoms with Gasteiger partial charge in [-0.15, -0.1) is 0 Å². The molecule has 1 aliphatic heterocycles. The summed E-state index contributed by atoms with van der Waals surface area (Å²) < 4.78 is 1.65. The Morgan fingerprint density at radius 2 is 2.10 bits per heavy atom. The molecule has 0 bridgehead atoms. The van der Waals surface area contributed by atoms with E-state index < -0.39 is 5.60 Å². The zero-order valence-corrected chi connectivity index (χ0v) is 17.1. The number of rotatable bonds is 3. The van der Waals surface area contributed by atoms with E-state index in [1.807, 2.05) is 12.1 Å². The van der Waals surface area contributed by atoms with Crippen LogP contribution in [-0.2, 0) is 28.2 Å². The van der Waals surface area contributed by atoms with Crippen molar-refractivity contribution in [1.82, 2.24) is 9.55 Å². The minimum absolute atomic E-state index is 0.125. The summed E-state index contributed by atoms with van der Waals surface area (Å²) in [5.74, 6) is -0.555. The fourth-order valence-corrected chi connectivity index (χ4v) is 4.70. The highest BCUT2D eigenvalue weighted by Crippen LogP contribution is 2.39. The molecule has 0 fully saturated rings. The fourth-order valence-electron chi connectivity index (χ4n) is 4.70. The van der Waals surface area contributed by atoms with Crippen LogP contribution in [0, 0.1) is 0 Å². The average Bonchev–Trinajstić information content (AvgIpc) is 3.13. The second-order valence-electron chi connectivity index (χ2n) is 8.07. The van der Waals surface area contributed by atoms with Crippen molar-refractivity contribution < 1.29 is 14.7 Å². The van der Waals surface area contributed by atoms with Gasteiger partial charge in [0.1, 0.15) is 5.60 Å². The zero-order valence-electron chi connectivity index (χ0n) is 17.1. The van der Waals surface area contributed by atoms with Crippen LogP contribution in [0.3, 0.4) is 0 Å². The summed E-state index contributed by atoms with van der Waals surface area (Å²) in [5.41, 5.74) is 7.85. The van der Waals surface area contributed by atoms with Gasteiger partial charge >= 0.3 is 0 Å². The molecule has 1 aromatic carbocycles. The Morgan fingerprint density at radius 1 is 1.29 bits per heavy atom. The van der Waals surface area contributed by atoms with E-state index in [-0.39, 0.29) is 36.6 Å². The lowest BCUT2D eigenvalue weighted by Gasteiger charge is -2.32. The van der Waals surface area contributed by atoms with Crippen molar-refractivity contribution >= 4 is 28.3 Å². The molecule has 8 heteroatoms. The minimum Gasteiger partial charge on any atom is -0.377 e. The third kappa shape index (κ3) is 2.75. The van der Waals surface area contributed by atoms with Gasteiger partial charge in [0.2, 0.25) is 5.91 Å². The van der Waals surface area contributed by atoms with Crippen molar-refractivity contribution in [2.75, 3.05) is 11.9 Å². The highest BCUT2D eigenvalue weighted by atomic mass is 16.3. The average molecular weight is 418 g/mol. The molecule has 0 saturated carbocycles. The number of hydrogen-bond acceptors (Lipinski definition) is 6. The largest absolute Gasteiger partial charge is 0.377 e. The first kappa shape index (κ1) is 19.6. The molecule has 3 heterocycles. The molecule has 5 rings (SSSR count). The van der Waals surface area contributed by atoms with Gasteiger partial charge in [0.05, 0.1) is 35.7 Å². The Balaban J connectivity index is 1.71. The van der Waals surface area contributed by atoms with E-state index in [4.69, 9.17) is 10.7 Å². The Morgan fingerprint density at radius 3 is 2.84 bits per heavy atom. The number of aromatic nitrogens is 2. The lowest BCUT2D eigenvalue weighted by molar-refractivity contribution is -0.140. The van der Waals surface area contributed by atoms with E-state index in [9.17, 15) is 19.5 Å². The predicted molar refractivity (Wildman–Crippen MR) is 116 cm³/mol. The van der Waals surface area contributed by atoms with E-state index in [1.165, 1.54) is 0 Å². The Labute approximate surface area is 177 Å². The third-order valence-electron chi connectivity index (χ3n) is 6.39. The molecular weight excluding hydrogens is 396 g/mol. The first-order chi connectivity index (χ1) is 14.9. The fraction of sp³-hybridized carbons (Fsp3) is 0.304. The summed E-state index contributed by atoms with van der Waals surface area (Å²) in [6.45, 7) is 1.96. The van der Waals surface area contributed by atoms with Crippen molar-refractivity contribution in [3.63, 3.8) is 0 Å². The van der Waals surface area contributed by atoms with Gasteiger partial charge in [-0.1, -0.05) is 13.0 Å². The van der Waals surface area contributed by atoms with Crippen molar-refractivity contribution in [1.29, 1.82) is 0 Å². The van der Waals surface area contributed by atoms with E-state index in [2.05, 4.69) is 5.32 Å². The third-order valence-corrected chi connectivity index (χ3v) is 6.39. The lowest BCUT2D eigenvalue weighted by Crippen LogP contribution is -2.43. The van der Waals surface area contributed by atoms with Crippen LogP contribution in [-0.4, -0.2) is 32.9 Å². The lowest BCUT2D eigenvalue weighted by atomic mass is 9.77. The molecule has 0 unspecified atom stereocenters. The number of carbonyl (C=O) groups is 2. The normalized spacial score (nSPS) is 19.1. The number of nitrogens with two attached hydrogens (primary N) is 1. The van der Waals surface area contributed by atoms with Crippen molar-refractivity contribution in [3.8, 4) is 11.4 Å². The predicted octanol–water partition coefficient (Wildman–Crippen LogP) is 1.44. The molecule has 158 valence electrons. The second kappa shape index (κ2) is 6.83. The van der Waals surface area contributed by atoms with Crippen molar-refractivity contribution in [2.45, 2.75) is 38.3 Å². The molecular formula is C23H22N4O4. The maximum absolute atomic E-state index is 13.3. The smallest absolute Gasteiger partial charge is 0.254 e. The van der Waals surface area contributed by atoms with Crippen LogP contribution in [0.5, 0.6) is 0 Å². The van der Waals surface area contributed by atoms with Crippen LogP contribution in [0.25, 0.3) is 22.3 Å². The van der Waals surface area contributed by atoms with Gasteiger partial charge in [0.25, 0.3) is 5.56 Å². The summed E-state index contributed by atoms with van der Waals surface area (Å²) in [7, 11) is 0. The van der Waals surface area contributed by atoms with Gasteiger partial charge in [-0.2, -0.15) is 0 Å². The molecule has 0 saturated heterocycles. The maximum Gasteiger partial charge on any atom is 0.254 e. The highest BCUT2D eigenvalue weighted by molar-refractivity contribution is 6.02. The first-order valence-corrected chi connectivity index (χ1v) is 10.3. The van der Waals surface area contributed by atoms with Gasteiger partial charge in [0, 0.05) is 28.5 Å². The number of carbonyl (C=O) groups excluding carboxylic acids is 2. The molecule has 2 aromatic heterocycles. The zero-order chi connectivity index (χ0) is 21.9. The van der Waals surface area contributed by atoms with E-state index in [0.29, 0.717) is 46.7 Å². The number of benzene rings is 1. The Bertz CT molecular complexity index is 1340. The number of Topliss-reactive ketones (excluding diaryl/α,β-unsaturated/α-hetero) is 1. The molecule has 1 aliphatic carbocycles. The molecule has 31 heavy (non-hydrogen) atoms. The molecule has 0 spiro atoms. The number of hydrogen-bond donors (Lipinski definition) is 3. The summed E-state index contributed by atoms with van der Waals surface area (Å²) >= 11 is 0. The quantitative estimate of drug-likeness (QED) is 0.462. The number of amides is 1. The van der Waals surface area contributed by atoms with Gasteiger partial charge in [-0.25, -0.2) is 4.98 Å². The molecule has 4 N–H and O–H groups in total. The van der Waals surface area contributed by atoms with E-state index >= 15 is 0 Å². The molecule has 2 aliphatic rings. The highest BCUT2D eigenvalue weighted by Gasteiger charge is 2.43. The number of fused-ring (bicyclic) bond motifs is 5. The van der Waals surface area contributed by atoms with Crippen LogP contribution >= 0.6 is 0 Å². The molecule has 8 nitrogen and oxygen atoms in total. The monoisotopic (exact) mass is 418 g/mol. The molecule has 1 amide bonds. The van der Waals surface area contributed by atoms with Crippen molar-refractivity contribution in [2.24, 2.45) is 5.73 Å². The van der Waals surface area contributed by atoms with Crippen LogP contribution < -0.4 is 16.6 Å². The SMILES string of the molecule is CC[C@@]1(O)C(=O)CCc2c1cc1n(c2=O)Cc2cc3c(NC(=O)CN)cccc3nc2-1. The van der Waals surface area contributed by atoms with E-state index in [0.717, 1.165) is 10.9 Å².